The number of fused-ring (bicyclic) bond motifs is 1. The lowest BCUT2D eigenvalue weighted by atomic mass is 10.1. The molecule has 0 saturated carbocycles. The van der Waals surface area contributed by atoms with Crippen LogP contribution in [-0.2, 0) is 4.79 Å². The molecule has 0 unspecified atom stereocenters. The van der Waals surface area contributed by atoms with E-state index in [1.807, 2.05) is 38.1 Å². The number of aromatic nitrogens is 1. The Balaban J connectivity index is 0.00000408. The Labute approximate surface area is 215 Å². The highest BCUT2D eigenvalue weighted by molar-refractivity contribution is 7.22. The zero-order chi connectivity index (χ0) is 24.1. The van der Waals surface area contributed by atoms with Gasteiger partial charge in [0.2, 0.25) is 5.75 Å². The quantitative estimate of drug-likeness (QED) is 0.352. The molecule has 34 heavy (non-hydrogen) atoms. The van der Waals surface area contributed by atoms with E-state index in [2.05, 4.69) is 0 Å². The molecule has 0 spiro atoms. The Hall–Kier alpha value is -2.52. The van der Waals surface area contributed by atoms with Crippen LogP contribution in [0.5, 0.6) is 17.2 Å². The summed E-state index contributed by atoms with van der Waals surface area (Å²) < 4.78 is 17.1. The van der Waals surface area contributed by atoms with Gasteiger partial charge in [0.05, 0.1) is 31.5 Å². The van der Waals surface area contributed by atoms with Gasteiger partial charge in [-0.1, -0.05) is 22.9 Å². The van der Waals surface area contributed by atoms with E-state index in [4.69, 9.17) is 30.8 Å². The summed E-state index contributed by atoms with van der Waals surface area (Å²) in [7, 11) is 8.60. The van der Waals surface area contributed by atoms with Crippen molar-refractivity contribution in [3.8, 4) is 17.2 Å². The number of amides is 1. The summed E-state index contributed by atoms with van der Waals surface area (Å²) in [6.07, 6.45) is 3.26. The first-order chi connectivity index (χ1) is 15.8. The van der Waals surface area contributed by atoms with Gasteiger partial charge in [0.15, 0.2) is 16.6 Å². The largest absolute Gasteiger partial charge is 0.493 e. The number of halogens is 2. The number of likely N-dealkylation sites (N-methyl/N-ethyl adjacent to an activating group) is 1. The number of benzene rings is 2. The maximum atomic E-state index is 13.3. The monoisotopic (exact) mass is 525 g/mol. The Bertz CT molecular complexity index is 1160. The van der Waals surface area contributed by atoms with E-state index in [0.29, 0.717) is 40.5 Å². The van der Waals surface area contributed by atoms with Gasteiger partial charge in [0.1, 0.15) is 0 Å². The molecule has 0 aliphatic rings. The van der Waals surface area contributed by atoms with E-state index in [1.54, 1.807) is 44.4 Å². The van der Waals surface area contributed by atoms with Gasteiger partial charge in [-0.15, -0.1) is 12.4 Å². The standard InChI is InChI=1S/C24H28ClN3O4S.ClH/c1-15-11-17(25)14-20-22(15)26-24(33-20)28(10-9-27(2)3)21(29)8-7-16-12-18(30-4)23(32-6)19(13-16)31-5;/h7-8,11-14H,9-10H2,1-6H3;1H. The number of hydrogen-bond donors (Lipinski definition) is 0. The van der Waals surface area contributed by atoms with Crippen molar-refractivity contribution in [1.29, 1.82) is 0 Å². The lowest BCUT2D eigenvalue weighted by Gasteiger charge is -2.20. The van der Waals surface area contributed by atoms with Crippen LogP contribution in [0.2, 0.25) is 5.02 Å². The third-order valence-corrected chi connectivity index (χ3v) is 6.26. The lowest BCUT2D eigenvalue weighted by Crippen LogP contribution is -2.35. The number of carbonyl (C=O) groups excluding carboxylic acids is 1. The van der Waals surface area contributed by atoms with Crippen LogP contribution in [0.1, 0.15) is 11.1 Å². The molecule has 3 aromatic rings. The summed E-state index contributed by atoms with van der Waals surface area (Å²) >= 11 is 7.67. The van der Waals surface area contributed by atoms with Crippen LogP contribution in [0.4, 0.5) is 5.13 Å². The normalized spacial score (nSPS) is 11.1. The van der Waals surface area contributed by atoms with Gasteiger partial charge in [-0.05, 0) is 62.5 Å². The summed E-state index contributed by atoms with van der Waals surface area (Å²) in [5, 5.41) is 1.29. The van der Waals surface area contributed by atoms with Crippen molar-refractivity contribution in [3.05, 3.63) is 46.5 Å². The van der Waals surface area contributed by atoms with Crippen molar-refractivity contribution in [2.24, 2.45) is 0 Å². The topological polar surface area (TPSA) is 64.1 Å². The second-order valence-corrected chi connectivity index (χ2v) is 9.10. The number of hydrogen-bond acceptors (Lipinski definition) is 7. The van der Waals surface area contributed by atoms with Crippen LogP contribution in [0.3, 0.4) is 0 Å². The van der Waals surface area contributed by atoms with Gasteiger partial charge in [0.25, 0.3) is 5.91 Å². The minimum Gasteiger partial charge on any atom is -0.493 e. The Morgan fingerprint density at radius 1 is 1.06 bits per heavy atom. The Kier molecular flexibility index (Phi) is 10.00. The van der Waals surface area contributed by atoms with Crippen molar-refractivity contribution in [2.45, 2.75) is 6.92 Å². The van der Waals surface area contributed by atoms with Crippen molar-refractivity contribution in [3.63, 3.8) is 0 Å². The van der Waals surface area contributed by atoms with Gasteiger partial charge in [-0.25, -0.2) is 4.98 Å². The Morgan fingerprint density at radius 3 is 2.26 bits per heavy atom. The highest BCUT2D eigenvalue weighted by Gasteiger charge is 2.19. The lowest BCUT2D eigenvalue weighted by molar-refractivity contribution is -0.114. The molecule has 0 aliphatic carbocycles. The third-order valence-electron chi connectivity index (χ3n) is 5.01. The van der Waals surface area contributed by atoms with Gasteiger partial charge < -0.3 is 19.1 Å². The molecule has 0 aliphatic heterocycles. The average molecular weight is 526 g/mol. The molecule has 1 amide bonds. The van der Waals surface area contributed by atoms with E-state index >= 15 is 0 Å². The molecule has 0 radical (unpaired) electrons. The predicted molar refractivity (Wildman–Crippen MR) is 143 cm³/mol. The highest BCUT2D eigenvalue weighted by Crippen LogP contribution is 2.38. The maximum absolute atomic E-state index is 13.3. The van der Waals surface area contributed by atoms with Crippen molar-refractivity contribution >= 4 is 62.7 Å². The van der Waals surface area contributed by atoms with E-state index in [-0.39, 0.29) is 18.3 Å². The second kappa shape index (κ2) is 12.3. The first-order valence-electron chi connectivity index (χ1n) is 10.3. The number of methoxy groups -OCH3 is 3. The summed E-state index contributed by atoms with van der Waals surface area (Å²) in [5.41, 5.74) is 2.58. The van der Waals surface area contributed by atoms with Crippen LogP contribution in [-0.4, -0.2) is 64.3 Å². The van der Waals surface area contributed by atoms with E-state index in [1.165, 1.54) is 17.4 Å². The first kappa shape index (κ1) is 27.7. The maximum Gasteiger partial charge on any atom is 0.252 e. The van der Waals surface area contributed by atoms with E-state index < -0.39 is 0 Å². The molecular formula is C24H29Cl2N3O4S. The minimum absolute atomic E-state index is 0. The Morgan fingerprint density at radius 2 is 1.71 bits per heavy atom. The molecule has 0 N–H and O–H groups in total. The minimum atomic E-state index is -0.173. The number of carbonyl (C=O) groups is 1. The summed E-state index contributed by atoms with van der Waals surface area (Å²) in [4.78, 5) is 21.7. The van der Waals surface area contributed by atoms with Gasteiger partial charge in [-0.2, -0.15) is 0 Å². The zero-order valence-electron chi connectivity index (χ0n) is 20.0. The van der Waals surface area contributed by atoms with Gasteiger partial charge in [0, 0.05) is 24.2 Å². The molecule has 184 valence electrons. The molecule has 7 nitrogen and oxygen atoms in total. The van der Waals surface area contributed by atoms with Crippen LogP contribution in [0, 0.1) is 6.92 Å². The van der Waals surface area contributed by atoms with Crippen molar-refractivity contribution in [2.75, 3.05) is 53.4 Å². The fourth-order valence-corrected chi connectivity index (χ4v) is 4.77. The van der Waals surface area contributed by atoms with Gasteiger partial charge >= 0.3 is 0 Å². The highest BCUT2D eigenvalue weighted by atomic mass is 35.5. The number of aryl methyl sites for hydroxylation is 1. The zero-order valence-corrected chi connectivity index (χ0v) is 22.4. The van der Waals surface area contributed by atoms with Crippen LogP contribution < -0.4 is 19.1 Å². The van der Waals surface area contributed by atoms with Crippen molar-refractivity contribution < 1.29 is 19.0 Å². The van der Waals surface area contributed by atoms with Crippen LogP contribution in [0.25, 0.3) is 16.3 Å². The fourth-order valence-electron chi connectivity index (χ4n) is 3.31. The fraction of sp³-hybridized carbons (Fsp3) is 0.333. The molecule has 10 heteroatoms. The number of anilines is 1. The van der Waals surface area contributed by atoms with Gasteiger partial charge in [-0.3, -0.25) is 9.69 Å². The first-order valence-corrected chi connectivity index (χ1v) is 11.5. The molecule has 2 aromatic carbocycles. The van der Waals surface area contributed by atoms with E-state index in [0.717, 1.165) is 21.3 Å². The average Bonchev–Trinajstić information content (AvgIpc) is 3.20. The number of ether oxygens (including phenoxy) is 3. The van der Waals surface area contributed by atoms with Crippen molar-refractivity contribution in [1.82, 2.24) is 9.88 Å². The summed E-state index contributed by atoms with van der Waals surface area (Å²) in [5.74, 6) is 1.37. The van der Waals surface area contributed by atoms with Crippen LogP contribution in [0.15, 0.2) is 30.3 Å². The molecule has 1 aromatic heterocycles. The SMILES string of the molecule is COc1cc(C=CC(=O)N(CCN(C)C)c2nc3c(C)cc(Cl)cc3s2)cc(OC)c1OC.Cl. The summed E-state index contributed by atoms with van der Waals surface area (Å²) in [6, 6.07) is 7.34. The number of rotatable bonds is 9. The number of thiazole rings is 1. The molecule has 0 fully saturated rings. The van der Waals surface area contributed by atoms with Crippen LogP contribution >= 0.6 is 35.3 Å². The molecular weight excluding hydrogens is 497 g/mol. The summed E-state index contributed by atoms with van der Waals surface area (Å²) in [6.45, 7) is 3.16. The molecule has 0 bridgehead atoms. The number of nitrogens with zero attached hydrogens (tertiary/aromatic N) is 3. The molecule has 0 atom stereocenters. The second-order valence-electron chi connectivity index (χ2n) is 7.65. The molecule has 1 heterocycles. The molecule has 0 saturated heterocycles. The third kappa shape index (κ3) is 6.33. The predicted octanol–water partition coefficient (Wildman–Crippen LogP) is 5.31. The molecule has 3 rings (SSSR count). The van der Waals surface area contributed by atoms with E-state index in [9.17, 15) is 4.79 Å². The smallest absolute Gasteiger partial charge is 0.252 e.